The SMILES string of the molecule is CN1CCOc2cc(-c3ccc(Nc4cc(=O)[nH]s4)c(C(=N)C4CC4)c3)cnc21. The molecule has 3 N–H and O–H groups in total. The molecule has 0 bridgehead atoms. The number of likely N-dealkylation sites (N-methyl/N-ethyl adjacent to an activating group) is 1. The molecule has 0 unspecified atom stereocenters. The Balaban J connectivity index is 1.53. The first kappa shape index (κ1) is 17.9. The Morgan fingerprint density at radius 1 is 1.31 bits per heavy atom. The van der Waals surface area contributed by atoms with Gasteiger partial charge in [0.2, 0.25) is 0 Å². The van der Waals surface area contributed by atoms with Gasteiger partial charge >= 0.3 is 0 Å². The minimum atomic E-state index is -0.127. The van der Waals surface area contributed by atoms with Crippen molar-refractivity contribution in [2.45, 2.75) is 12.8 Å². The minimum absolute atomic E-state index is 0.127. The van der Waals surface area contributed by atoms with Crippen molar-refractivity contribution in [3.63, 3.8) is 0 Å². The van der Waals surface area contributed by atoms with Gasteiger partial charge in [0.15, 0.2) is 11.6 Å². The van der Waals surface area contributed by atoms with Crippen LogP contribution in [0.4, 0.5) is 16.5 Å². The van der Waals surface area contributed by atoms with Gasteiger partial charge in [-0.05, 0) is 48.1 Å². The second-order valence-electron chi connectivity index (χ2n) is 7.47. The Kier molecular flexibility index (Phi) is 4.35. The molecule has 3 heterocycles. The number of ether oxygens (including phenoxy) is 1. The molecule has 0 spiro atoms. The second kappa shape index (κ2) is 7.04. The maximum absolute atomic E-state index is 11.4. The number of hydrogen-bond donors (Lipinski definition) is 3. The van der Waals surface area contributed by atoms with E-state index in [2.05, 4.69) is 19.6 Å². The lowest BCUT2D eigenvalue weighted by Crippen LogP contribution is -2.29. The predicted octanol–water partition coefficient (Wildman–Crippen LogP) is 3.85. The Morgan fingerprint density at radius 3 is 2.93 bits per heavy atom. The van der Waals surface area contributed by atoms with Crippen LogP contribution in [0.15, 0.2) is 41.3 Å². The zero-order valence-corrected chi connectivity index (χ0v) is 16.8. The van der Waals surface area contributed by atoms with Crippen LogP contribution in [0.3, 0.4) is 0 Å². The number of aromatic amines is 1. The summed E-state index contributed by atoms with van der Waals surface area (Å²) < 4.78 is 8.48. The van der Waals surface area contributed by atoms with Crippen molar-refractivity contribution in [2.75, 3.05) is 30.4 Å². The van der Waals surface area contributed by atoms with E-state index in [4.69, 9.17) is 10.1 Å². The number of anilines is 3. The molecule has 8 heteroatoms. The van der Waals surface area contributed by atoms with Crippen molar-refractivity contribution >= 4 is 33.8 Å². The molecule has 2 aliphatic rings. The van der Waals surface area contributed by atoms with Crippen LogP contribution in [0, 0.1) is 11.3 Å². The van der Waals surface area contributed by atoms with Crippen LogP contribution in [-0.4, -0.2) is 35.3 Å². The molecule has 5 rings (SSSR count). The molecule has 29 heavy (non-hydrogen) atoms. The quantitative estimate of drug-likeness (QED) is 0.559. The molecule has 7 nitrogen and oxygen atoms in total. The maximum Gasteiger partial charge on any atom is 0.260 e. The lowest BCUT2D eigenvalue weighted by Gasteiger charge is -2.26. The zero-order chi connectivity index (χ0) is 20.0. The van der Waals surface area contributed by atoms with E-state index in [1.807, 2.05) is 37.5 Å². The van der Waals surface area contributed by atoms with Gasteiger partial charge in [-0.25, -0.2) is 4.98 Å². The summed E-state index contributed by atoms with van der Waals surface area (Å²) in [5.41, 5.74) is 4.16. The first-order chi connectivity index (χ1) is 14.1. The molecule has 2 aromatic heterocycles. The summed E-state index contributed by atoms with van der Waals surface area (Å²) in [6, 6.07) is 9.57. The van der Waals surface area contributed by atoms with E-state index in [0.29, 0.717) is 18.2 Å². The first-order valence-electron chi connectivity index (χ1n) is 9.61. The highest BCUT2D eigenvalue weighted by Gasteiger charge is 2.29. The predicted molar refractivity (Wildman–Crippen MR) is 116 cm³/mol. The van der Waals surface area contributed by atoms with Gasteiger partial charge in [-0.3, -0.25) is 9.17 Å². The van der Waals surface area contributed by atoms with Crippen molar-refractivity contribution in [1.82, 2.24) is 9.36 Å². The minimum Gasteiger partial charge on any atom is -0.488 e. The largest absolute Gasteiger partial charge is 0.488 e. The summed E-state index contributed by atoms with van der Waals surface area (Å²) in [5, 5.41) is 12.7. The topological polar surface area (TPSA) is 94.1 Å². The highest BCUT2D eigenvalue weighted by atomic mass is 32.1. The first-order valence-corrected chi connectivity index (χ1v) is 10.4. The van der Waals surface area contributed by atoms with E-state index >= 15 is 0 Å². The lowest BCUT2D eigenvalue weighted by atomic mass is 9.98. The molecule has 3 aromatic rings. The number of H-pyrrole nitrogens is 1. The third-order valence-corrected chi connectivity index (χ3v) is 6.03. The monoisotopic (exact) mass is 407 g/mol. The molecule has 1 aliphatic carbocycles. The van der Waals surface area contributed by atoms with E-state index < -0.39 is 0 Å². The Hall–Kier alpha value is -3.13. The molecule has 0 amide bonds. The number of rotatable bonds is 5. The van der Waals surface area contributed by atoms with Gasteiger partial charge in [-0.1, -0.05) is 6.07 Å². The van der Waals surface area contributed by atoms with Gasteiger partial charge in [-0.15, -0.1) is 0 Å². The summed E-state index contributed by atoms with van der Waals surface area (Å²) in [6.07, 6.45) is 3.97. The van der Waals surface area contributed by atoms with Gasteiger partial charge < -0.3 is 20.4 Å². The van der Waals surface area contributed by atoms with E-state index in [1.165, 1.54) is 17.6 Å². The van der Waals surface area contributed by atoms with Gasteiger partial charge in [-0.2, -0.15) is 0 Å². The number of aromatic nitrogens is 2. The van der Waals surface area contributed by atoms with Gasteiger partial charge in [0.1, 0.15) is 11.6 Å². The highest BCUT2D eigenvalue weighted by molar-refractivity contribution is 7.10. The third kappa shape index (κ3) is 3.51. The number of benzene rings is 1. The standard InChI is InChI=1S/C21H21N5O2S/c1-26-6-7-28-17-9-14(11-23-21(17)26)13-4-5-16(24-19-10-18(27)25-29-19)15(8-13)20(22)12-2-3-12/h4-5,8-12,22,24H,2-3,6-7H2,1H3,(H,25,27). The van der Waals surface area contributed by atoms with Crippen LogP contribution in [0.5, 0.6) is 5.75 Å². The molecule has 1 aromatic carbocycles. The van der Waals surface area contributed by atoms with Crippen molar-refractivity contribution < 1.29 is 4.74 Å². The fourth-order valence-electron chi connectivity index (χ4n) is 3.51. The number of nitrogens with one attached hydrogen (secondary N) is 3. The van der Waals surface area contributed by atoms with Crippen LogP contribution >= 0.6 is 11.5 Å². The summed E-state index contributed by atoms with van der Waals surface area (Å²) in [4.78, 5) is 18.1. The molecular weight excluding hydrogens is 386 g/mol. The highest BCUT2D eigenvalue weighted by Crippen LogP contribution is 2.38. The summed E-state index contributed by atoms with van der Waals surface area (Å²) in [7, 11) is 2.01. The summed E-state index contributed by atoms with van der Waals surface area (Å²) >= 11 is 1.25. The molecule has 1 aliphatic heterocycles. The Labute approximate surface area is 172 Å². The molecule has 1 fully saturated rings. The molecule has 0 saturated heterocycles. The fraction of sp³-hybridized carbons (Fsp3) is 0.286. The summed E-state index contributed by atoms with van der Waals surface area (Å²) in [5.74, 6) is 1.95. The van der Waals surface area contributed by atoms with Gasteiger partial charge in [0, 0.05) is 47.8 Å². The van der Waals surface area contributed by atoms with Gasteiger partial charge in [0.25, 0.3) is 5.56 Å². The van der Waals surface area contributed by atoms with Crippen molar-refractivity contribution in [3.05, 3.63) is 52.4 Å². The molecule has 0 radical (unpaired) electrons. The van der Waals surface area contributed by atoms with Crippen LogP contribution in [0.25, 0.3) is 11.1 Å². The van der Waals surface area contributed by atoms with Crippen LogP contribution < -0.4 is 20.5 Å². The number of fused-ring (bicyclic) bond motifs is 1. The molecule has 148 valence electrons. The molecule has 0 atom stereocenters. The van der Waals surface area contributed by atoms with E-state index in [0.717, 1.165) is 58.3 Å². The third-order valence-electron chi connectivity index (χ3n) is 5.29. The van der Waals surface area contributed by atoms with E-state index in [1.54, 1.807) is 0 Å². The Bertz CT molecular complexity index is 1150. The number of nitrogens with zero attached hydrogens (tertiary/aromatic N) is 2. The maximum atomic E-state index is 11.4. The van der Waals surface area contributed by atoms with Crippen molar-refractivity contribution in [3.8, 4) is 16.9 Å². The number of pyridine rings is 1. The normalized spacial score (nSPS) is 15.6. The molecular formula is C21H21N5O2S. The smallest absolute Gasteiger partial charge is 0.260 e. The van der Waals surface area contributed by atoms with Crippen LogP contribution in [-0.2, 0) is 0 Å². The van der Waals surface area contributed by atoms with Crippen molar-refractivity contribution in [1.29, 1.82) is 5.41 Å². The fourth-order valence-corrected chi connectivity index (χ4v) is 4.11. The van der Waals surface area contributed by atoms with E-state index in [-0.39, 0.29) is 5.56 Å². The average molecular weight is 407 g/mol. The van der Waals surface area contributed by atoms with Crippen molar-refractivity contribution in [2.24, 2.45) is 5.92 Å². The zero-order valence-electron chi connectivity index (χ0n) is 16.0. The summed E-state index contributed by atoms with van der Waals surface area (Å²) in [6.45, 7) is 1.47. The Morgan fingerprint density at radius 2 is 2.17 bits per heavy atom. The lowest BCUT2D eigenvalue weighted by molar-refractivity contribution is 0.309. The van der Waals surface area contributed by atoms with Crippen LogP contribution in [0.2, 0.25) is 0 Å². The molecule has 1 saturated carbocycles. The van der Waals surface area contributed by atoms with Gasteiger partial charge in [0.05, 0.1) is 6.54 Å². The van der Waals surface area contributed by atoms with E-state index in [9.17, 15) is 4.79 Å². The second-order valence-corrected chi connectivity index (χ2v) is 8.31. The average Bonchev–Trinajstić information content (AvgIpc) is 3.50. The number of hydrogen-bond acceptors (Lipinski definition) is 7. The van der Waals surface area contributed by atoms with Crippen LogP contribution in [0.1, 0.15) is 18.4 Å².